The third-order valence-electron chi connectivity index (χ3n) is 4.53. The Morgan fingerprint density at radius 1 is 0.897 bits per heavy atom. The smallest absolute Gasteiger partial charge is 0.311 e. The largest absolute Gasteiger partial charge is 0.466 e. The van der Waals surface area contributed by atoms with Crippen LogP contribution in [-0.2, 0) is 14.3 Å². The van der Waals surface area contributed by atoms with Crippen molar-refractivity contribution in [2.75, 3.05) is 6.61 Å². The van der Waals surface area contributed by atoms with Crippen LogP contribution in [0.25, 0.3) is 0 Å². The van der Waals surface area contributed by atoms with E-state index in [9.17, 15) is 19.7 Å². The summed E-state index contributed by atoms with van der Waals surface area (Å²) in [7, 11) is 0. The molecule has 0 aromatic heterocycles. The predicted molar refractivity (Wildman–Crippen MR) is 111 cm³/mol. The van der Waals surface area contributed by atoms with Crippen LogP contribution < -0.4 is 4.74 Å². The van der Waals surface area contributed by atoms with E-state index < -0.39 is 4.92 Å². The minimum atomic E-state index is -0.523. The lowest BCUT2D eigenvalue weighted by Gasteiger charge is -2.05. The molecule has 0 spiro atoms. The Morgan fingerprint density at radius 3 is 2.17 bits per heavy atom. The molecule has 0 saturated carbocycles. The van der Waals surface area contributed by atoms with Crippen molar-refractivity contribution in [3.63, 3.8) is 0 Å². The fourth-order valence-corrected chi connectivity index (χ4v) is 2.88. The molecular weight excluding hydrogens is 374 g/mol. The number of nitro benzene ring substituents is 1. The van der Waals surface area contributed by atoms with Crippen molar-refractivity contribution in [3.05, 3.63) is 34.4 Å². The van der Waals surface area contributed by atoms with Crippen LogP contribution in [-0.4, -0.2) is 23.5 Å². The summed E-state index contributed by atoms with van der Waals surface area (Å²) in [4.78, 5) is 33.6. The van der Waals surface area contributed by atoms with Crippen molar-refractivity contribution >= 4 is 17.6 Å². The quantitative estimate of drug-likeness (QED) is 0.114. The van der Waals surface area contributed by atoms with Crippen molar-refractivity contribution in [1.29, 1.82) is 0 Å². The van der Waals surface area contributed by atoms with Gasteiger partial charge < -0.3 is 9.47 Å². The molecule has 0 bridgehead atoms. The average Bonchev–Trinajstić information content (AvgIpc) is 2.70. The van der Waals surface area contributed by atoms with Crippen molar-refractivity contribution in [1.82, 2.24) is 0 Å². The van der Waals surface area contributed by atoms with Crippen molar-refractivity contribution < 1.29 is 24.0 Å². The number of hydrogen-bond donors (Lipinski definition) is 0. The van der Waals surface area contributed by atoms with Crippen molar-refractivity contribution in [3.8, 4) is 5.75 Å². The number of nitro groups is 1. The van der Waals surface area contributed by atoms with E-state index in [1.807, 2.05) is 0 Å². The first-order valence-electron chi connectivity index (χ1n) is 10.6. The highest BCUT2D eigenvalue weighted by Crippen LogP contribution is 2.20. The first-order valence-corrected chi connectivity index (χ1v) is 10.6. The Labute approximate surface area is 172 Å². The Hall–Kier alpha value is -2.44. The number of carbonyl (C=O) groups is 2. The molecule has 0 heterocycles. The van der Waals surface area contributed by atoms with Gasteiger partial charge in [0.15, 0.2) is 0 Å². The number of rotatable bonds is 16. The Balaban J connectivity index is 1.99. The summed E-state index contributed by atoms with van der Waals surface area (Å²) in [6, 6.07) is 5.61. The predicted octanol–water partition coefficient (Wildman–Crippen LogP) is 5.74. The van der Waals surface area contributed by atoms with Gasteiger partial charge in [-0.15, -0.1) is 0 Å². The number of unbranched alkanes of at least 4 members (excludes halogenated alkanes) is 8. The van der Waals surface area contributed by atoms with Gasteiger partial charge in [-0.25, -0.2) is 0 Å². The standard InChI is InChI=1S/C22H33NO6/c1-2-3-4-11-17-28-21(24)15-9-7-5-6-8-10-16-22(25)29-20-14-12-13-19(18-20)23(26)27/h12-14,18H,2-11,15-17H2,1H3. The fourth-order valence-electron chi connectivity index (χ4n) is 2.88. The van der Waals surface area contributed by atoms with Crippen molar-refractivity contribution in [2.45, 2.75) is 84.0 Å². The lowest BCUT2D eigenvalue weighted by molar-refractivity contribution is -0.384. The van der Waals surface area contributed by atoms with Crippen LogP contribution in [0, 0.1) is 10.1 Å². The van der Waals surface area contributed by atoms with E-state index in [1.165, 1.54) is 37.1 Å². The highest BCUT2D eigenvalue weighted by Gasteiger charge is 2.10. The lowest BCUT2D eigenvalue weighted by Crippen LogP contribution is -2.07. The van der Waals surface area contributed by atoms with Crippen molar-refractivity contribution in [2.24, 2.45) is 0 Å². The lowest BCUT2D eigenvalue weighted by atomic mass is 10.1. The van der Waals surface area contributed by atoms with Crippen LogP contribution in [0.1, 0.15) is 84.0 Å². The van der Waals surface area contributed by atoms with E-state index in [0.29, 0.717) is 19.4 Å². The number of benzene rings is 1. The third-order valence-corrected chi connectivity index (χ3v) is 4.53. The topological polar surface area (TPSA) is 95.7 Å². The zero-order chi connectivity index (χ0) is 21.3. The summed E-state index contributed by atoms with van der Waals surface area (Å²) in [5.41, 5.74) is -0.101. The first-order chi connectivity index (χ1) is 14.0. The van der Waals surface area contributed by atoms with Crippen LogP contribution in [0.3, 0.4) is 0 Å². The maximum Gasteiger partial charge on any atom is 0.311 e. The molecule has 0 saturated heterocycles. The van der Waals surface area contributed by atoms with Gasteiger partial charge in [-0.1, -0.05) is 57.9 Å². The van der Waals surface area contributed by atoms with Crippen LogP contribution in [0.5, 0.6) is 5.75 Å². The molecule has 0 aliphatic carbocycles. The monoisotopic (exact) mass is 407 g/mol. The van der Waals surface area contributed by atoms with Gasteiger partial charge in [0.2, 0.25) is 0 Å². The van der Waals surface area contributed by atoms with Gasteiger partial charge >= 0.3 is 11.9 Å². The van der Waals surface area contributed by atoms with E-state index in [2.05, 4.69) is 6.92 Å². The Morgan fingerprint density at radius 2 is 1.52 bits per heavy atom. The molecule has 1 rings (SSSR count). The van der Waals surface area contributed by atoms with E-state index >= 15 is 0 Å². The molecule has 162 valence electrons. The molecule has 7 nitrogen and oxygen atoms in total. The molecule has 0 radical (unpaired) electrons. The van der Waals surface area contributed by atoms with Gasteiger partial charge in [0.05, 0.1) is 17.6 Å². The molecule has 0 N–H and O–H groups in total. The average molecular weight is 408 g/mol. The van der Waals surface area contributed by atoms with Gasteiger partial charge in [-0.2, -0.15) is 0 Å². The number of nitrogens with zero attached hydrogens (tertiary/aromatic N) is 1. The minimum absolute atomic E-state index is 0.101. The maximum absolute atomic E-state index is 11.8. The van der Waals surface area contributed by atoms with Crippen LogP contribution in [0.2, 0.25) is 0 Å². The second kappa shape index (κ2) is 15.5. The molecule has 1 aromatic rings. The van der Waals surface area contributed by atoms with Gasteiger partial charge in [-0.3, -0.25) is 19.7 Å². The Kier molecular flexibility index (Phi) is 13.1. The molecule has 0 unspecified atom stereocenters. The molecule has 7 heteroatoms. The Bertz CT molecular complexity index is 631. The molecular formula is C22H33NO6. The highest BCUT2D eigenvalue weighted by atomic mass is 16.6. The number of hydrogen-bond acceptors (Lipinski definition) is 6. The number of carbonyl (C=O) groups excluding carboxylic acids is 2. The normalized spacial score (nSPS) is 10.5. The number of ether oxygens (including phenoxy) is 2. The summed E-state index contributed by atoms with van der Waals surface area (Å²) in [6.07, 6.45) is 10.6. The van der Waals surface area contributed by atoms with E-state index in [-0.39, 0.29) is 29.8 Å². The van der Waals surface area contributed by atoms with E-state index in [4.69, 9.17) is 9.47 Å². The second-order valence-corrected chi connectivity index (χ2v) is 7.13. The second-order valence-electron chi connectivity index (χ2n) is 7.13. The molecule has 1 aromatic carbocycles. The van der Waals surface area contributed by atoms with E-state index in [0.717, 1.165) is 44.9 Å². The third kappa shape index (κ3) is 12.6. The molecule has 29 heavy (non-hydrogen) atoms. The fraction of sp³-hybridized carbons (Fsp3) is 0.636. The SMILES string of the molecule is CCCCCCOC(=O)CCCCCCCCC(=O)Oc1cccc([N+](=O)[O-])c1. The van der Waals surface area contributed by atoms with E-state index in [1.54, 1.807) is 0 Å². The van der Waals surface area contributed by atoms with Crippen LogP contribution in [0.4, 0.5) is 5.69 Å². The number of esters is 2. The minimum Gasteiger partial charge on any atom is -0.466 e. The molecule has 0 fully saturated rings. The van der Waals surface area contributed by atoms with Crippen LogP contribution in [0.15, 0.2) is 24.3 Å². The molecule has 0 atom stereocenters. The summed E-state index contributed by atoms with van der Waals surface area (Å²) < 4.78 is 10.3. The highest BCUT2D eigenvalue weighted by molar-refractivity contribution is 5.72. The molecule has 0 aliphatic rings. The van der Waals surface area contributed by atoms with Crippen LogP contribution >= 0.6 is 0 Å². The number of non-ortho nitro benzene ring substituents is 1. The van der Waals surface area contributed by atoms with Gasteiger partial charge in [-0.05, 0) is 25.3 Å². The van der Waals surface area contributed by atoms with Gasteiger partial charge in [0, 0.05) is 18.9 Å². The summed E-state index contributed by atoms with van der Waals surface area (Å²) in [6.45, 7) is 2.68. The van der Waals surface area contributed by atoms with Gasteiger partial charge in [0.25, 0.3) is 5.69 Å². The zero-order valence-corrected chi connectivity index (χ0v) is 17.4. The zero-order valence-electron chi connectivity index (χ0n) is 17.4. The maximum atomic E-state index is 11.8. The summed E-state index contributed by atoms with van der Waals surface area (Å²) in [5.74, 6) is -0.293. The molecule has 0 amide bonds. The first kappa shape index (κ1) is 24.6. The summed E-state index contributed by atoms with van der Waals surface area (Å²) >= 11 is 0. The van der Waals surface area contributed by atoms with Gasteiger partial charge in [0.1, 0.15) is 5.75 Å². The summed E-state index contributed by atoms with van der Waals surface area (Å²) in [5, 5.41) is 10.7. The molecule has 0 aliphatic heterocycles.